The average molecular weight is 1340 g/mol. The summed E-state index contributed by atoms with van der Waals surface area (Å²) in [7, 11) is 0. The molecule has 0 radical (unpaired) electrons. The minimum Gasteiger partial charge on any atom is -0.394 e. The summed E-state index contributed by atoms with van der Waals surface area (Å²) in [6, 6.07) is -0.973. The maximum Gasteiger partial charge on any atom is 0.220 e. The van der Waals surface area contributed by atoms with E-state index < -0.39 is 124 Å². The van der Waals surface area contributed by atoms with Crippen molar-refractivity contribution in [1.29, 1.82) is 0 Å². The van der Waals surface area contributed by atoms with Crippen LogP contribution in [-0.2, 0) is 33.2 Å². The number of ether oxygens (including phenoxy) is 6. The lowest BCUT2D eigenvalue weighted by Gasteiger charge is -2.48. The Morgan fingerprint density at radius 2 is 0.702 bits per heavy atom. The Kier molecular flexibility index (Phi) is 52.0. The molecular weight excluding hydrogens is 1200 g/mol. The Bertz CT molecular complexity index is 1840. The number of carbonyl (C=O) groups is 1. The number of amides is 1. The van der Waals surface area contributed by atoms with Crippen molar-refractivity contribution in [3.63, 3.8) is 0 Å². The fraction of sp³-hybridized carbons (Fsp3) is 0.907. The Morgan fingerprint density at radius 3 is 1.09 bits per heavy atom. The van der Waals surface area contributed by atoms with Crippen molar-refractivity contribution in [2.24, 2.45) is 0 Å². The monoisotopic (exact) mass is 1340 g/mol. The Labute approximate surface area is 568 Å². The van der Waals surface area contributed by atoms with Crippen LogP contribution in [0.5, 0.6) is 0 Å². The number of aliphatic hydroxyl groups is 11. The van der Waals surface area contributed by atoms with E-state index in [-0.39, 0.29) is 18.9 Å². The molecule has 552 valence electrons. The SMILES string of the molecule is CCCCCCC/C=C\C/C=C\CCCCCCCCCCCCCCCCCCCC(=O)NC(COC1OC(CO)C(OC2OC(CO)C(OC3OC(CO)C(O)C(O)C3O)C(O)C2O)C(O)C1O)C(O)/C=C/CCCCCCCCCCCCCCCCCCCC. The highest BCUT2D eigenvalue weighted by Crippen LogP contribution is 2.33. The van der Waals surface area contributed by atoms with Gasteiger partial charge in [0.25, 0.3) is 0 Å². The molecule has 0 saturated carbocycles. The molecule has 0 aromatic heterocycles. The van der Waals surface area contributed by atoms with Gasteiger partial charge >= 0.3 is 0 Å². The Morgan fingerprint density at radius 1 is 0.383 bits per heavy atom. The second-order valence-corrected chi connectivity index (χ2v) is 27.5. The van der Waals surface area contributed by atoms with Gasteiger partial charge in [-0.15, -0.1) is 0 Å². The van der Waals surface area contributed by atoms with E-state index >= 15 is 0 Å². The summed E-state index contributed by atoms with van der Waals surface area (Å²) in [5, 5.41) is 121. The van der Waals surface area contributed by atoms with E-state index in [0.29, 0.717) is 6.42 Å². The standard InChI is InChI=1S/C75H139NO18/c1-3-5-7-9-11-13-15-17-19-21-23-25-26-27-28-29-30-31-32-33-35-37-39-41-43-45-47-49-51-53-63(81)76-58(59(80)52-50-48-46-44-42-40-38-36-34-24-22-20-18-16-14-12-10-8-6-4-2)57-89-73-69(87)66(84)71(61(55-78)91-73)94-75-70(88)67(85)72(62(56-79)92-75)93-74-68(86)65(83)64(82)60(54-77)90-74/h15,17,21,23,50,52,58-62,64-75,77-80,82-88H,3-14,16,18-20,22,24-49,51,53-57H2,1-2H3,(H,76,81)/b17-15-,23-21-,52-50+. The number of hydrogen-bond acceptors (Lipinski definition) is 18. The van der Waals surface area contributed by atoms with Crippen molar-refractivity contribution in [2.75, 3.05) is 26.4 Å². The smallest absolute Gasteiger partial charge is 0.220 e. The van der Waals surface area contributed by atoms with Gasteiger partial charge in [0, 0.05) is 6.42 Å². The van der Waals surface area contributed by atoms with Gasteiger partial charge in [0.1, 0.15) is 73.2 Å². The molecule has 19 heteroatoms. The first-order chi connectivity index (χ1) is 45.8. The fourth-order valence-electron chi connectivity index (χ4n) is 13.0. The van der Waals surface area contributed by atoms with Crippen molar-refractivity contribution in [1.82, 2.24) is 5.32 Å². The molecule has 3 heterocycles. The Hall–Kier alpha value is -1.99. The van der Waals surface area contributed by atoms with E-state index in [0.717, 1.165) is 51.4 Å². The van der Waals surface area contributed by atoms with Crippen LogP contribution in [0.1, 0.15) is 303 Å². The summed E-state index contributed by atoms with van der Waals surface area (Å²) in [4.78, 5) is 13.5. The van der Waals surface area contributed by atoms with Crippen LogP contribution in [-0.4, -0.2) is 193 Å². The summed E-state index contributed by atoms with van der Waals surface area (Å²) in [5.41, 5.74) is 0. The van der Waals surface area contributed by atoms with E-state index in [9.17, 15) is 61.0 Å². The highest BCUT2D eigenvalue weighted by molar-refractivity contribution is 5.76. The molecule has 0 spiro atoms. The minimum absolute atomic E-state index is 0.246. The van der Waals surface area contributed by atoms with Crippen molar-refractivity contribution < 1.29 is 89.4 Å². The molecule has 12 N–H and O–H groups in total. The summed E-state index contributed by atoms with van der Waals surface area (Å²) < 4.78 is 34.4. The number of unbranched alkanes of at least 4 members (excludes halogenated alkanes) is 40. The molecule has 3 aliphatic rings. The third kappa shape index (κ3) is 37.4. The lowest BCUT2D eigenvalue weighted by Crippen LogP contribution is -2.66. The van der Waals surface area contributed by atoms with Gasteiger partial charge in [-0.3, -0.25) is 4.79 Å². The maximum absolute atomic E-state index is 13.5. The second kappa shape index (κ2) is 56.7. The van der Waals surface area contributed by atoms with E-state index in [1.165, 1.54) is 225 Å². The summed E-state index contributed by atoms with van der Waals surface area (Å²) in [6.07, 6.45) is 41.2. The van der Waals surface area contributed by atoms with Crippen LogP contribution >= 0.6 is 0 Å². The predicted octanol–water partition coefficient (Wildman–Crippen LogP) is 11.6. The van der Waals surface area contributed by atoms with Crippen molar-refractivity contribution in [3.05, 3.63) is 36.5 Å². The topological polar surface area (TPSA) is 307 Å². The van der Waals surface area contributed by atoms with Gasteiger partial charge in [-0.2, -0.15) is 0 Å². The first-order valence-corrected chi connectivity index (χ1v) is 38.2. The molecule has 0 aliphatic carbocycles. The highest BCUT2D eigenvalue weighted by atomic mass is 16.8. The molecule has 19 nitrogen and oxygen atoms in total. The molecule has 3 fully saturated rings. The number of aliphatic hydroxyl groups excluding tert-OH is 11. The lowest BCUT2D eigenvalue weighted by molar-refractivity contribution is -0.379. The van der Waals surface area contributed by atoms with Crippen molar-refractivity contribution >= 4 is 5.91 Å². The summed E-state index contributed by atoms with van der Waals surface area (Å²) >= 11 is 0. The second-order valence-electron chi connectivity index (χ2n) is 27.5. The molecule has 0 aromatic rings. The van der Waals surface area contributed by atoms with Crippen LogP contribution in [0.3, 0.4) is 0 Å². The van der Waals surface area contributed by atoms with E-state index in [2.05, 4.69) is 43.5 Å². The molecule has 0 aromatic carbocycles. The quantitative estimate of drug-likeness (QED) is 0.0199. The Balaban J connectivity index is 1.39. The lowest BCUT2D eigenvalue weighted by atomic mass is 9.96. The van der Waals surface area contributed by atoms with E-state index in [1.807, 2.05) is 6.08 Å². The van der Waals surface area contributed by atoms with Gasteiger partial charge in [-0.25, -0.2) is 0 Å². The van der Waals surface area contributed by atoms with Gasteiger partial charge in [-0.1, -0.05) is 281 Å². The highest BCUT2D eigenvalue weighted by Gasteiger charge is 2.53. The number of carbonyl (C=O) groups excluding carboxylic acids is 1. The van der Waals surface area contributed by atoms with Gasteiger partial charge in [0.15, 0.2) is 18.9 Å². The van der Waals surface area contributed by atoms with Crippen LogP contribution in [0.2, 0.25) is 0 Å². The molecule has 0 bridgehead atoms. The fourth-order valence-corrected chi connectivity index (χ4v) is 13.0. The molecule has 1 amide bonds. The van der Waals surface area contributed by atoms with Gasteiger partial charge in [0.05, 0.1) is 38.6 Å². The number of hydrogen-bond donors (Lipinski definition) is 12. The van der Waals surface area contributed by atoms with Crippen molar-refractivity contribution in [3.8, 4) is 0 Å². The number of rotatable bonds is 60. The maximum atomic E-state index is 13.5. The van der Waals surface area contributed by atoms with Crippen LogP contribution in [0.4, 0.5) is 0 Å². The normalized spacial score (nSPS) is 27.5. The van der Waals surface area contributed by atoms with E-state index in [1.54, 1.807) is 6.08 Å². The largest absolute Gasteiger partial charge is 0.394 e. The average Bonchev–Trinajstić information content (AvgIpc) is 0.787. The zero-order chi connectivity index (χ0) is 68.2. The first-order valence-electron chi connectivity index (χ1n) is 38.2. The van der Waals surface area contributed by atoms with Crippen LogP contribution in [0.15, 0.2) is 36.5 Å². The van der Waals surface area contributed by atoms with Crippen LogP contribution < -0.4 is 5.32 Å². The zero-order valence-electron chi connectivity index (χ0n) is 58.7. The molecule has 17 atom stereocenters. The molecule has 3 saturated heterocycles. The number of nitrogens with one attached hydrogen (secondary N) is 1. The number of allylic oxidation sites excluding steroid dienone is 5. The third-order valence-corrected chi connectivity index (χ3v) is 19.2. The van der Waals surface area contributed by atoms with Gasteiger partial charge in [-0.05, 0) is 51.4 Å². The van der Waals surface area contributed by atoms with E-state index in [4.69, 9.17) is 28.4 Å². The molecular formula is C75H139NO18. The first kappa shape index (κ1) is 86.2. The zero-order valence-corrected chi connectivity index (χ0v) is 58.7. The summed E-state index contributed by atoms with van der Waals surface area (Å²) in [6.45, 7) is 1.76. The summed E-state index contributed by atoms with van der Waals surface area (Å²) in [5.74, 6) is -0.271. The molecule has 94 heavy (non-hydrogen) atoms. The molecule has 3 rings (SSSR count). The van der Waals surface area contributed by atoms with Gasteiger partial charge in [0.2, 0.25) is 5.91 Å². The minimum atomic E-state index is -1.98. The molecule has 17 unspecified atom stereocenters. The molecule has 3 aliphatic heterocycles. The third-order valence-electron chi connectivity index (χ3n) is 19.2. The van der Waals surface area contributed by atoms with Crippen molar-refractivity contribution in [2.45, 2.75) is 407 Å². The van der Waals surface area contributed by atoms with Crippen LogP contribution in [0, 0.1) is 0 Å². The predicted molar refractivity (Wildman–Crippen MR) is 369 cm³/mol. The van der Waals surface area contributed by atoms with Gasteiger partial charge < -0.3 is 89.9 Å². The van der Waals surface area contributed by atoms with Crippen LogP contribution in [0.25, 0.3) is 0 Å².